The van der Waals surface area contributed by atoms with Crippen molar-refractivity contribution in [1.82, 2.24) is 10.3 Å². The first-order chi connectivity index (χ1) is 9.31. The molecule has 0 atom stereocenters. The van der Waals surface area contributed by atoms with Gasteiger partial charge in [0.2, 0.25) is 0 Å². The van der Waals surface area contributed by atoms with Crippen LogP contribution in [0.1, 0.15) is 10.4 Å². The molecule has 0 aliphatic rings. The minimum absolute atomic E-state index is 0. The molecular formula is C14H19ClN2O2S. The van der Waals surface area contributed by atoms with E-state index in [1.165, 1.54) is 10.4 Å². The highest BCUT2D eigenvalue weighted by atomic mass is 35.5. The Bertz CT molecular complexity index is 502. The number of hydrogen-bond acceptors (Lipinski definition) is 5. The number of ether oxygens (including phenoxy) is 2. The van der Waals surface area contributed by atoms with E-state index >= 15 is 0 Å². The Labute approximate surface area is 129 Å². The molecule has 0 aliphatic heterocycles. The monoisotopic (exact) mass is 314 g/mol. The first-order valence-corrected chi connectivity index (χ1v) is 6.96. The summed E-state index contributed by atoms with van der Waals surface area (Å²) in [5.41, 5.74) is 1.30. The van der Waals surface area contributed by atoms with Gasteiger partial charge in [0.05, 0.1) is 14.2 Å². The number of benzene rings is 1. The summed E-state index contributed by atoms with van der Waals surface area (Å²) in [6, 6.07) is 8.17. The van der Waals surface area contributed by atoms with Gasteiger partial charge in [-0.3, -0.25) is 0 Å². The first-order valence-electron chi connectivity index (χ1n) is 6.14. The Morgan fingerprint density at radius 3 is 2.50 bits per heavy atom. The van der Waals surface area contributed by atoms with E-state index in [-0.39, 0.29) is 12.4 Å². The maximum absolute atomic E-state index is 5.13. The Kier molecular flexibility index (Phi) is 7.36. The minimum atomic E-state index is 0. The van der Waals surface area contributed by atoms with E-state index in [1.807, 2.05) is 18.3 Å². The SMILES string of the molecule is COc1ccc(CCNCc2cnc(OC)s2)cc1.Cl. The zero-order chi connectivity index (χ0) is 13.5. The molecule has 20 heavy (non-hydrogen) atoms. The molecule has 0 unspecified atom stereocenters. The second-order valence-electron chi connectivity index (χ2n) is 4.07. The number of halogens is 1. The van der Waals surface area contributed by atoms with E-state index in [2.05, 4.69) is 22.4 Å². The quantitative estimate of drug-likeness (QED) is 0.798. The van der Waals surface area contributed by atoms with Gasteiger partial charge in [0.1, 0.15) is 5.75 Å². The molecule has 0 radical (unpaired) electrons. The van der Waals surface area contributed by atoms with Crippen LogP contribution in [0.4, 0.5) is 0 Å². The third kappa shape index (κ3) is 5.00. The number of nitrogens with one attached hydrogen (secondary N) is 1. The average Bonchev–Trinajstić information content (AvgIpc) is 2.92. The van der Waals surface area contributed by atoms with Crippen LogP contribution in [0.3, 0.4) is 0 Å². The molecule has 0 spiro atoms. The van der Waals surface area contributed by atoms with E-state index in [0.29, 0.717) is 5.19 Å². The van der Waals surface area contributed by atoms with Crippen LogP contribution in [-0.4, -0.2) is 25.7 Å². The number of thiazole rings is 1. The average molecular weight is 315 g/mol. The van der Waals surface area contributed by atoms with Crippen molar-refractivity contribution in [3.8, 4) is 10.9 Å². The second kappa shape index (κ2) is 8.79. The molecule has 0 saturated heterocycles. The molecule has 0 fully saturated rings. The predicted molar refractivity (Wildman–Crippen MR) is 84.3 cm³/mol. The topological polar surface area (TPSA) is 43.4 Å². The van der Waals surface area contributed by atoms with Crippen LogP contribution in [0, 0.1) is 0 Å². The van der Waals surface area contributed by atoms with Crippen LogP contribution in [-0.2, 0) is 13.0 Å². The number of aromatic nitrogens is 1. The van der Waals surface area contributed by atoms with Gasteiger partial charge >= 0.3 is 0 Å². The van der Waals surface area contributed by atoms with Crippen LogP contribution in [0.2, 0.25) is 0 Å². The maximum Gasteiger partial charge on any atom is 0.273 e. The van der Waals surface area contributed by atoms with E-state index in [1.54, 1.807) is 25.6 Å². The lowest BCUT2D eigenvalue weighted by Gasteiger charge is -2.04. The summed E-state index contributed by atoms with van der Waals surface area (Å²) < 4.78 is 10.2. The number of hydrogen-bond donors (Lipinski definition) is 1. The molecule has 2 aromatic rings. The van der Waals surface area contributed by atoms with E-state index < -0.39 is 0 Å². The fraction of sp³-hybridized carbons (Fsp3) is 0.357. The van der Waals surface area contributed by atoms with E-state index in [0.717, 1.165) is 25.3 Å². The standard InChI is InChI=1S/C14H18N2O2S.ClH/c1-17-12-5-3-11(4-6-12)7-8-15-9-13-10-16-14(18-2)19-13;/h3-6,10,15H,7-9H2,1-2H3;1H. The normalized spacial score (nSPS) is 9.90. The van der Waals surface area contributed by atoms with Crippen molar-refractivity contribution >= 4 is 23.7 Å². The fourth-order valence-corrected chi connectivity index (χ4v) is 2.39. The predicted octanol–water partition coefficient (Wildman–Crippen LogP) is 2.91. The molecule has 1 aromatic carbocycles. The third-order valence-corrected chi connectivity index (χ3v) is 3.71. The van der Waals surface area contributed by atoms with Gasteiger partial charge in [0.15, 0.2) is 0 Å². The van der Waals surface area contributed by atoms with Crippen molar-refractivity contribution in [2.75, 3.05) is 20.8 Å². The molecule has 110 valence electrons. The molecule has 1 heterocycles. The van der Waals surface area contributed by atoms with Crippen molar-refractivity contribution in [1.29, 1.82) is 0 Å². The highest BCUT2D eigenvalue weighted by molar-refractivity contribution is 7.13. The Hall–Kier alpha value is -1.30. The summed E-state index contributed by atoms with van der Waals surface area (Å²) in [5.74, 6) is 0.897. The van der Waals surface area contributed by atoms with Crippen molar-refractivity contribution in [2.45, 2.75) is 13.0 Å². The summed E-state index contributed by atoms with van der Waals surface area (Å²) >= 11 is 1.57. The lowest BCUT2D eigenvalue weighted by Crippen LogP contribution is -2.15. The minimum Gasteiger partial charge on any atom is -0.497 e. The van der Waals surface area contributed by atoms with E-state index in [9.17, 15) is 0 Å². The zero-order valence-electron chi connectivity index (χ0n) is 11.6. The molecule has 2 rings (SSSR count). The van der Waals surface area contributed by atoms with Crippen molar-refractivity contribution < 1.29 is 9.47 Å². The molecule has 0 saturated carbocycles. The van der Waals surface area contributed by atoms with Crippen LogP contribution in [0.15, 0.2) is 30.5 Å². The zero-order valence-corrected chi connectivity index (χ0v) is 13.2. The van der Waals surface area contributed by atoms with Gasteiger partial charge in [0.25, 0.3) is 5.19 Å². The van der Waals surface area contributed by atoms with Gasteiger partial charge in [-0.25, -0.2) is 4.98 Å². The van der Waals surface area contributed by atoms with Crippen molar-refractivity contribution in [2.24, 2.45) is 0 Å². The highest BCUT2D eigenvalue weighted by Crippen LogP contribution is 2.19. The van der Waals surface area contributed by atoms with Crippen LogP contribution in [0.25, 0.3) is 0 Å². The van der Waals surface area contributed by atoms with Gasteiger partial charge in [-0.15, -0.1) is 12.4 Å². The van der Waals surface area contributed by atoms with Crippen LogP contribution in [0.5, 0.6) is 10.9 Å². The molecule has 0 bridgehead atoms. The smallest absolute Gasteiger partial charge is 0.273 e. The van der Waals surface area contributed by atoms with Gasteiger partial charge < -0.3 is 14.8 Å². The first kappa shape index (κ1) is 16.8. The number of nitrogens with zero attached hydrogens (tertiary/aromatic N) is 1. The molecule has 4 nitrogen and oxygen atoms in total. The summed E-state index contributed by atoms with van der Waals surface area (Å²) in [6.45, 7) is 1.77. The van der Waals surface area contributed by atoms with Crippen LogP contribution >= 0.6 is 23.7 Å². The maximum atomic E-state index is 5.13. The molecule has 0 aliphatic carbocycles. The molecule has 0 amide bonds. The van der Waals surface area contributed by atoms with Crippen molar-refractivity contribution in [3.63, 3.8) is 0 Å². The number of methoxy groups -OCH3 is 2. The molecule has 6 heteroatoms. The Balaban J connectivity index is 0.00000200. The summed E-state index contributed by atoms with van der Waals surface area (Å²) in [7, 11) is 3.32. The molecule has 1 aromatic heterocycles. The summed E-state index contributed by atoms with van der Waals surface area (Å²) in [5, 5.41) is 4.11. The van der Waals surface area contributed by atoms with Gasteiger partial charge in [0, 0.05) is 17.6 Å². The number of rotatable bonds is 7. The third-order valence-electron chi connectivity index (χ3n) is 2.76. The largest absolute Gasteiger partial charge is 0.497 e. The molecular weight excluding hydrogens is 296 g/mol. The lowest BCUT2D eigenvalue weighted by molar-refractivity contribution is 0.412. The Morgan fingerprint density at radius 2 is 1.90 bits per heavy atom. The highest BCUT2D eigenvalue weighted by Gasteiger charge is 2.01. The van der Waals surface area contributed by atoms with E-state index in [4.69, 9.17) is 9.47 Å². The van der Waals surface area contributed by atoms with Gasteiger partial charge in [-0.1, -0.05) is 23.5 Å². The van der Waals surface area contributed by atoms with Crippen LogP contribution < -0.4 is 14.8 Å². The fourth-order valence-electron chi connectivity index (χ4n) is 1.70. The Morgan fingerprint density at radius 1 is 1.15 bits per heavy atom. The van der Waals surface area contributed by atoms with Gasteiger partial charge in [-0.2, -0.15) is 0 Å². The summed E-state index contributed by atoms with van der Waals surface area (Å²) in [6.07, 6.45) is 2.85. The van der Waals surface area contributed by atoms with Crippen molar-refractivity contribution in [3.05, 3.63) is 40.9 Å². The van der Waals surface area contributed by atoms with Gasteiger partial charge in [-0.05, 0) is 30.7 Å². The second-order valence-corrected chi connectivity index (χ2v) is 5.15. The summed E-state index contributed by atoms with van der Waals surface area (Å²) in [4.78, 5) is 5.32. The molecule has 1 N–H and O–H groups in total. The lowest BCUT2D eigenvalue weighted by atomic mass is 10.1.